The fourth-order valence-electron chi connectivity index (χ4n) is 1.22. The number of carboxylic acids is 1. The third-order valence-corrected chi connectivity index (χ3v) is 2.64. The van der Waals surface area contributed by atoms with Crippen molar-refractivity contribution in [2.45, 2.75) is 6.18 Å². The van der Waals surface area contributed by atoms with Crippen LogP contribution < -0.4 is 10.6 Å². The minimum absolute atomic E-state index is 0.172. The second kappa shape index (κ2) is 6.19. The second-order valence-electron chi connectivity index (χ2n) is 3.51. The second-order valence-corrected chi connectivity index (χ2v) is 4.32. The number of halogens is 5. The molecule has 0 spiro atoms. The highest BCUT2D eigenvalue weighted by atomic mass is 35.5. The SMILES string of the molecule is O=C(NCC(F)(F)F)Nc1c(Cl)ccc(Cl)c1C(=O)O. The molecule has 0 radical (unpaired) electrons. The molecule has 0 atom stereocenters. The van der Waals surface area contributed by atoms with Gasteiger partial charge in [0.25, 0.3) is 0 Å². The summed E-state index contributed by atoms with van der Waals surface area (Å²) in [6, 6.07) is 1.14. The number of amides is 2. The van der Waals surface area contributed by atoms with Crippen LogP contribution in [0.2, 0.25) is 10.0 Å². The van der Waals surface area contributed by atoms with Gasteiger partial charge < -0.3 is 15.7 Å². The van der Waals surface area contributed by atoms with Gasteiger partial charge in [0.05, 0.1) is 15.7 Å². The van der Waals surface area contributed by atoms with Crippen molar-refractivity contribution < 1.29 is 27.9 Å². The van der Waals surface area contributed by atoms with E-state index in [1.165, 1.54) is 17.4 Å². The summed E-state index contributed by atoms with van der Waals surface area (Å²) in [5.74, 6) is -1.48. The molecule has 0 bridgehead atoms. The molecule has 1 aromatic carbocycles. The van der Waals surface area contributed by atoms with E-state index < -0.39 is 30.3 Å². The lowest BCUT2D eigenvalue weighted by atomic mass is 10.2. The number of alkyl halides is 3. The molecule has 1 aromatic rings. The van der Waals surface area contributed by atoms with Gasteiger partial charge >= 0.3 is 18.2 Å². The smallest absolute Gasteiger partial charge is 0.405 e. The fraction of sp³-hybridized carbons (Fsp3) is 0.200. The standard InChI is InChI=1S/C10H7Cl2F3N2O3/c11-4-1-2-5(12)7(6(4)8(18)19)17-9(20)16-3-10(13,14)15/h1-2H,3H2,(H,18,19)(H2,16,17,20). The zero-order valence-electron chi connectivity index (χ0n) is 9.52. The van der Waals surface area contributed by atoms with Crippen LogP contribution in [-0.4, -0.2) is 29.8 Å². The maximum absolute atomic E-state index is 11.9. The van der Waals surface area contributed by atoms with Crippen molar-refractivity contribution in [1.29, 1.82) is 0 Å². The predicted octanol–water partition coefficient (Wildman–Crippen LogP) is 3.38. The van der Waals surface area contributed by atoms with Gasteiger partial charge in [-0.05, 0) is 12.1 Å². The van der Waals surface area contributed by atoms with Crippen LogP contribution in [0.25, 0.3) is 0 Å². The minimum atomic E-state index is -4.59. The highest BCUT2D eigenvalue weighted by Gasteiger charge is 2.28. The zero-order chi connectivity index (χ0) is 15.5. The Kier molecular flexibility index (Phi) is 5.07. The van der Waals surface area contributed by atoms with Crippen LogP contribution in [0.3, 0.4) is 0 Å². The number of anilines is 1. The van der Waals surface area contributed by atoms with Crippen LogP contribution in [0.1, 0.15) is 10.4 Å². The predicted molar refractivity (Wildman–Crippen MR) is 66.5 cm³/mol. The maximum Gasteiger partial charge on any atom is 0.405 e. The molecule has 20 heavy (non-hydrogen) atoms. The summed E-state index contributed by atoms with van der Waals surface area (Å²) in [5.41, 5.74) is -0.896. The average Bonchev–Trinajstić information content (AvgIpc) is 2.30. The molecule has 110 valence electrons. The first-order valence-corrected chi connectivity index (χ1v) is 5.70. The van der Waals surface area contributed by atoms with Gasteiger partial charge in [-0.15, -0.1) is 0 Å². The Morgan fingerprint density at radius 1 is 1.20 bits per heavy atom. The Balaban J connectivity index is 2.95. The maximum atomic E-state index is 11.9. The van der Waals surface area contributed by atoms with E-state index in [1.54, 1.807) is 0 Å². The lowest BCUT2D eigenvalue weighted by Gasteiger charge is -2.13. The zero-order valence-corrected chi connectivity index (χ0v) is 11.0. The molecule has 0 aliphatic rings. The first-order valence-electron chi connectivity index (χ1n) is 4.94. The molecule has 0 heterocycles. The van der Waals surface area contributed by atoms with Crippen LogP contribution in [0, 0.1) is 0 Å². The lowest BCUT2D eigenvalue weighted by molar-refractivity contribution is -0.122. The molecule has 0 saturated heterocycles. The van der Waals surface area contributed by atoms with E-state index >= 15 is 0 Å². The van der Waals surface area contributed by atoms with Gasteiger partial charge in [-0.1, -0.05) is 23.2 Å². The van der Waals surface area contributed by atoms with E-state index in [0.717, 1.165) is 0 Å². The number of aromatic carboxylic acids is 1. The molecule has 0 unspecified atom stereocenters. The minimum Gasteiger partial charge on any atom is -0.478 e. The third kappa shape index (κ3) is 4.46. The fourth-order valence-corrected chi connectivity index (χ4v) is 1.66. The molecule has 10 heteroatoms. The van der Waals surface area contributed by atoms with E-state index in [2.05, 4.69) is 0 Å². The lowest BCUT2D eigenvalue weighted by Crippen LogP contribution is -2.37. The first kappa shape index (κ1) is 16.4. The van der Waals surface area contributed by atoms with E-state index in [9.17, 15) is 22.8 Å². The van der Waals surface area contributed by atoms with Crippen LogP contribution in [0.15, 0.2) is 12.1 Å². The Morgan fingerprint density at radius 2 is 1.75 bits per heavy atom. The average molecular weight is 331 g/mol. The summed E-state index contributed by atoms with van der Waals surface area (Å²) in [7, 11) is 0. The molecule has 0 aliphatic carbocycles. The van der Waals surface area contributed by atoms with Gasteiger partial charge in [0.2, 0.25) is 0 Å². The van der Waals surface area contributed by atoms with Crippen LogP contribution in [-0.2, 0) is 0 Å². The van der Waals surface area contributed by atoms with Crippen molar-refractivity contribution in [1.82, 2.24) is 5.32 Å². The number of carbonyl (C=O) groups excluding carboxylic acids is 1. The quantitative estimate of drug-likeness (QED) is 0.795. The highest BCUT2D eigenvalue weighted by Crippen LogP contribution is 2.31. The third-order valence-electron chi connectivity index (χ3n) is 2.01. The van der Waals surface area contributed by atoms with Gasteiger partial charge in [-0.3, -0.25) is 0 Å². The summed E-state index contributed by atoms with van der Waals surface area (Å²) < 4.78 is 35.8. The van der Waals surface area contributed by atoms with Gasteiger partial charge in [0, 0.05) is 0 Å². The van der Waals surface area contributed by atoms with Crippen molar-refractivity contribution in [3.63, 3.8) is 0 Å². The van der Waals surface area contributed by atoms with E-state index in [1.807, 2.05) is 5.32 Å². The molecule has 3 N–H and O–H groups in total. The summed E-state index contributed by atoms with van der Waals surface area (Å²) in [6.07, 6.45) is -4.59. The number of rotatable bonds is 3. The Bertz CT molecular complexity index is 549. The highest BCUT2D eigenvalue weighted by molar-refractivity contribution is 6.38. The largest absolute Gasteiger partial charge is 0.478 e. The van der Waals surface area contributed by atoms with E-state index in [4.69, 9.17) is 28.3 Å². The normalized spacial score (nSPS) is 11.1. The monoisotopic (exact) mass is 330 g/mol. The molecule has 5 nitrogen and oxygen atoms in total. The van der Waals surface area contributed by atoms with Crippen molar-refractivity contribution in [3.8, 4) is 0 Å². The van der Waals surface area contributed by atoms with Gasteiger partial charge in [0.1, 0.15) is 12.1 Å². The van der Waals surface area contributed by atoms with Gasteiger partial charge in [-0.2, -0.15) is 13.2 Å². The number of hydrogen-bond acceptors (Lipinski definition) is 2. The molecule has 0 fully saturated rings. The number of hydrogen-bond donors (Lipinski definition) is 3. The summed E-state index contributed by atoms with van der Waals surface area (Å²) in [6.45, 7) is -1.57. The van der Waals surface area contributed by atoms with Crippen LogP contribution in [0.5, 0.6) is 0 Å². The van der Waals surface area contributed by atoms with Crippen molar-refractivity contribution in [3.05, 3.63) is 27.7 Å². The molecule has 0 aromatic heterocycles. The topological polar surface area (TPSA) is 78.4 Å². The Hall–Kier alpha value is -1.67. The number of nitrogens with one attached hydrogen (secondary N) is 2. The molecule has 0 aliphatic heterocycles. The summed E-state index contributed by atoms with van der Waals surface area (Å²) in [5, 5.41) is 12.0. The van der Waals surface area contributed by atoms with Crippen molar-refractivity contribution >= 4 is 40.9 Å². The van der Waals surface area contributed by atoms with Crippen molar-refractivity contribution in [2.24, 2.45) is 0 Å². The summed E-state index contributed by atoms with van der Waals surface area (Å²) in [4.78, 5) is 22.3. The number of benzene rings is 1. The van der Waals surface area contributed by atoms with E-state index in [-0.39, 0.29) is 15.7 Å². The van der Waals surface area contributed by atoms with Gasteiger partial charge in [0.15, 0.2) is 0 Å². The van der Waals surface area contributed by atoms with Crippen LogP contribution >= 0.6 is 23.2 Å². The Labute approximate surface area is 120 Å². The van der Waals surface area contributed by atoms with Crippen LogP contribution in [0.4, 0.5) is 23.7 Å². The molecule has 2 amide bonds. The number of carbonyl (C=O) groups is 2. The van der Waals surface area contributed by atoms with E-state index in [0.29, 0.717) is 0 Å². The number of urea groups is 1. The molecular weight excluding hydrogens is 324 g/mol. The van der Waals surface area contributed by atoms with Crippen molar-refractivity contribution in [2.75, 3.05) is 11.9 Å². The number of carboxylic acid groups (broad SMARTS) is 1. The first-order chi connectivity index (χ1) is 9.11. The Morgan fingerprint density at radius 3 is 2.25 bits per heavy atom. The van der Waals surface area contributed by atoms with Gasteiger partial charge in [-0.25, -0.2) is 9.59 Å². The molecular formula is C10H7Cl2F3N2O3. The molecule has 0 saturated carbocycles. The molecule has 1 rings (SSSR count). The summed E-state index contributed by atoms with van der Waals surface area (Å²) >= 11 is 11.3.